The number of hydrogen-bond donors (Lipinski definition) is 4. The summed E-state index contributed by atoms with van der Waals surface area (Å²) in [6, 6.07) is 32.5. The van der Waals surface area contributed by atoms with Gasteiger partial charge in [-0.1, -0.05) is 112 Å². The van der Waals surface area contributed by atoms with Crippen LogP contribution in [0.5, 0.6) is 0 Å². The van der Waals surface area contributed by atoms with E-state index in [2.05, 4.69) is 84.8 Å². The Hall–Kier alpha value is -4.54. The van der Waals surface area contributed by atoms with Gasteiger partial charge < -0.3 is 30.9 Å². The molecule has 7 rings (SSSR count). The van der Waals surface area contributed by atoms with Crippen molar-refractivity contribution in [1.82, 2.24) is 10.2 Å². The Bertz CT molecular complexity index is 1980. The van der Waals surface area contributed by atoms with Gasteiger partial charge >= 0.3 is 0 Å². The molecule has 4 aromatic rings. The zero-order valence-electron chi connectivity index (χ0n) is 33.8. The van der Waals surface area contributed by atoms with Crippen LogP contribution >= 0.6 is 0 Å². The van der Waals surface area contributed by atoms with Crippen LogP contribution in [0, 0.1) is 10.8 Å². The summed E-state index contributed by atoms with van der Waals surface area (Å²) in [5.74, 6) is -0.0731. The molecule has 9 heteroatoms. The smallest absolute Gasteiger partial charge is 0.224 e. The maximum atomic E-state index is 12.8. The third-order valence-electron chi connectivity index (χ3n) is 12.1. The van der Waals surface area contributed by atoms with E-state index in [1.807, 2.05) is 36.4 Å². The first-order chi connectivity index (χ1) is 27.5. The van der Waals surface area contributed by atoms with Gasteiger partial charge in [-0.05, 0) is 82.9 Å². The van der Waals surface area contributed by atoms with Crippen LogP contribution in [0.15, 0.2) is 97.1 Å². The number of anilines is 2. The van der Waals surface area contributed by atoms with Crippen LogP contribution < -0.4 is 16.4 Å². The molecule has 2 unspecified atom stereocenters. The van der Waals surface area contributed by atoms with Gasteiger partial charge in [0.15, 0.2) is 6.29 Å². The minimum absolute atomic E-state index is 0.00133. The van der Waals surface area contributed by atoms with E-state index in [0.717, 1.165) is 59.3 Å². The predicted molar refractivity (Wildman–Crippen MR) is 226 cm³/mol. The first-order valence-corrected chi connectivity index (χ1v) is 20.8. The van der Waals surface area contributed by atoms with Crippen LogP contribution in [0.2, 0.25) is 0 Å². The number of fused-ring (bicyclic) bond motifs is 2. The molecule has 1 aliphatic carbocycles. The van der Waals surface area contributed by atoms with Crippen molar-refractivity contribution in [3.63, 3.8) is 0 Å². The molecule has 9 nitrogen and oxygen atoms in total. The molecule has 0 aromatic heterocycles. The van der Waals surface area contributed by atoms with Crippen LogP contribution in [-0.2, 0) is 32.2 Å². The molecule has 0 spiro atoms. The molecule has 3 aliphatic rings. The topological polar surface area (TPSA) is 126 Å². The average molecular weight is 773 g/mol. The highest BCUT2D eigenvalue weighted by Crippen LogP contribution is 2.53. The molecule has 4 aromatic carbocycles. The summed E-state index contributed by atoms with van der Waals surface area (Å²) in [6.07, 6.45) is 6.91. The molecular weight excluding hydrogens is 713 g/mol. The molecule has 57 heavy (non-hydrogen) atoms. The molecule has 2 aliphatic heterocycles. The largest absolute Gasteiger partial charge is 0.397 e. The molecule has 2 heterocycles. The number of nitrogen functional groups attached to an aromatic ring is 1. The number of rotatable bonds is 15. The van der Waals surface area contributed by atoms with E-state index < -0.39 is 6.29 Å². The van der Waals surface area contributed by atoms with Gasteiger partial charge in [0.05, 0.1) is 30.2 Å². The third-order valence-corrected chi connectivity index (χ3v) is 12.1. The number of aliphatic hydroxyl groups is 1. The predicted octanol–water partition coefficient (Wildman–Crippen LogP) is 9.08. The zero-order chi connectivity index (χ0) is 40.0. The third kappa shape index (κ3) is 10.5. The summed E-state index contributed by atoms with van der Waals surface area (Å²) in [4.78, 5) is 27.8. The maximum absolute atomic E-state index is 12.8. The fourth-order valence-electron chi connectivity index (χ4n) is 9.71. The molecular formula is C48H60N4O5. The van der Waals surface area contributed by atoms with Crippen molar-refractivity contribution in [2.75, 3.05) is 24.1 Å². The van der Waals surface area contributed by atoms with Crippen molar-refractivity contribution in [3.05, 3.63) is 119 Å². The van der Waals surface area contributed by atoms with E-state index in [1.54, 1.807) is 12.1 Å². The summed E-state index contributed by atoms with van der Waals surface area (Å²) < 4.78 is 13.5. The molecule has 3 fully saturated rings. The number of likely N-dealkylation sites (tertiary alicyclic amines) is 1. The number of ether oxygens (including phenoxy) is 2. The number of carbonyl (C=O) groups excluding carboxylic acids is 2. The number of carbonyl (C=O) groups is 2. The van der Waals surface area contributed by atoms with Gasteiger partial charge in [0, 0.05) is 50.5 Å². The summed E-state index contributed by atoms with van der Waals surface area (Å²) in [6.45, 7) is 9.76. The lowest BCUT2D eigenvalue weighted by molar-refractivity contribution is -0.253. The summed E-state index contributed by atoms with van der Waals surface area (Å²) in [7, 11) is 0. The molecule has 2 saturated heterocycles. The van der Waals surface area contributed by atoms with Gasteiger partial charge in [-0.2, -0.15) is 0 Å². The van der Waals surface area contributed by atoms with E-state index in [4.69, 9.17) is 15.2 Å². The van der Waals surface area contributed by atoms with Crippen molar-refractivity contribution in [2.45, 2.75) is 116 Å². The highest BCUT2D eigenvalue weighted by atomic mass is 16.7. The number of nitrogens with zero attached hydrogens (tertiary/aromatic N) is 1. The number of nitrogens with two attached hydrogens (primary N) is 1. The van der Waals surface area contributed by atoms with Gasteiger partial charge in [-0.25, -0.2) is 0 Å². The van der Waals surface area contributed by atoms with Gasteiger partial charge in [0.1, 0.15) is 0 Å². The van der Waals surface area contributed by atoms with Crippen molar-refractivity contribution < 1.29 is 24.2 Å². The number of benzene rings is 4. The van der Waals surface area contributed by atoms with Crippen molar-refractivity contribution >= 4 is 23.2 Å². The second-order valence-corrected chi connectivity index (χ2v) is 17.7. The highest BCUT2D eigenvalue weighted by molar-refractivity contribution is 5.93. The molecule has 302 valence electrons. The summed E-state index contributed by atoms with van der Waals surface area (Å²) >= 11 is 0. The minimum atomic E-state index is -0.513. The maximum Gasteiger partial charge on any atom is 0.224 e. The van der Waals surface area contributed by atoms with E-state index in [-0.39, 0.29) is 30.6 Å². The fraction of sp³-hybridized carbons (Fsp3) is 0.458. The average Bonchev–Trinajstić information content (AvgIpc) is 3.44. The lowest BCUT2D eigenvalue weighted by atomic mass is 9.65. The Morgan fingerprint density at radius 2 is 1.53 bits per heavy atom. The first-order valence-electron chi connectivity index (χ1n) is 20.8. The number of nitrogens with one attached hydrogen (secondary N) is 2. The molecule has 1 saturated carbocycles. The Morgan fingerprint density at radius 3 is 2.28 bits per heavy atom. The van der Waals surface area contributed by atoms with Crippen molar-refractivity contribution in [1.29, 1.82) is 0 Å². The number of hydrogen-bond acceptors (Lipinski definition) is 7. The molecule has 5 atom stereocenters. The van der Waals surface area contributed by atoms with E-state index in [0.29, 0.717) is 60.5 Å². The van der Waals surface area contributed by atoms with Gasteiger partial charge in [0.2, 0.25) is 11.8 Å². The molecule has 0 radical (unpaired) electrons. The van der Waals surface area contributed by atoms with Crippen molar-refractivity contribution in [2.24, 2.45) is 10.8 Å². The van der Waals surface area contributed by atoms with Gasteiger partial charge in [0.25, 0.3) is 0 Å². The quantitative estimate of drug-likeness (QED) is 0.0702. The Morgan fingerprint density at radius 1 is 0.825 bits per heavy atom. The number of amides is 2. The van der Waals surface area contributed by atoms with Crippen LogP contribution in [-0.4, -0.2) is 47.1 Å². The second-order valence-electron chi connectivity index (χ2n) is 17.7. The first kappa shape index (κ1) is 40.6. The van der Waals surface area contributed by atoms with Crippen LogP contribution in [0.3, 0.4) is 0 Å². The lowest BCUT2D eigenvalue weighted by Crippen LogP contribution is -2.42. The SMILES string of the molecule is CC1(C)CC2CC(C)(CN2C[C@H]2C[C@@H](c3ccc(CO)cc3)O[C@@H](c3ccc(-c4ccccc4CNC(=O)CCCCCC(=O)Nc4ccccc4N)cc3)O2)C1. The number of aliphatic hydroxyl groups excluding tert-OH is 1. The number of para-hydroxylation sites is 2. The Balaban J connectivity index is 0.951. The summed E-state index contributed by atoms with van der Waals surface area (Å²) in [5, 5.41) is 15.6. The van der Waals surface area contributed by atoms with Crippen LogP contribution in [0.1, 0.15) is 113 Å². The second kappa shape index (κ2) is 17.9. The van der Waals surface area contributed by atoms with E-state index in [1.165, 1.54) is 19.3 Å². The summed E-state index contributed by atoms with van der Waals surface area (Å²) in [5.41, 5.74) is 13.9. The Kier molecular flexibility index (Phi) is 12.8. The number of unbranched alkanes of at least 4 members (excludes halogenated alkanes) is 2. The zero-order valence-corrected chi connectivity index (χ0v) is 33.8. The molecule has 2 amide bonds. The van der Waals surface area contributed by atoms with Gasteiger partial charge in [-0.15, -0.1) is 0 Å². The van der Waals surface area contributed by atoms with Crippen molar-refractivity contribution in [3.8, 4) is 11.1 Å². The van der Waals surface area contributed by atoms with E-state index in [9.17, 15) is 14.7 Å². The van der Waals surface area contributed by atoms with E-state index >= 15 is 0 Å². The molecule has 2 bridgehead atoms. The fourth-order valence-corrected chi connectivity index (χ4v) is 9.71. The van der Waals surface area contributed by atoms with Crippen LogP contribution in [0.25, 0.3) is 11.1 Å². The molecule has 5 N–H and O–H groups in total. The Labute approximate surface area is 338 Å². The monoisotopic (exact) mass is 772 g/mol. The normalized spacial score (nSPS) is 24.2. The minimum Gasteiger partial charge on any atom is -0.397 e. The van der Waals surface area contributed by atoms with Crippen LogP contribution in [0.4, 0.5) is 11.4 Å². The van der Waals surface area contributed by atoms with Gasteiger partial charge in [-0.3, -0.25) is 14.5 Å². The standard InChI is InChI=1S/C48H60N4O5/c1-47(2)26-38-27-48(3,31-47)32-52(38)29-39-25-43(35-19-17-33(30-53)18-20-35)57-46(56-39)36-23-21-34(22-24-36)40-12-8-7-11-37(40)28-50-44(54)15-5-4-6-16-45(55)51-42-14-10-9-13-41(42)49/h7-14,17-24,38-39,43,46,53H,4-6,15-16,25-32,49H2,1-3H3,(H,50,54)(H,51,55)/t38?,39-,43+,46+,48?/m1/s1. The lowest BCUT2D eigenvalue weighted by Gasteiger charge is -2.41. The highest BCUT2D eigenvalue weighted by Gasteiger charge is 2.50.